The van der Waals surface area contributed by atoms with Crippen LogP contribution in [-0.4, -0.2) is 37.2 Å². The van der Waals surface area contributed by atoms with Crippen molar-refractivity contribution in [1.29, 1.82) is 0 Å². The standard InChI is InChI=1S/C19H26N2O4S/c1-14-8-10-16(11-9-14)26(24,25)20-18(23)19(2)12-13-21(19)17(22)15-6-4-3-5-7-15/h8-11,15H,3-7,12-13H2,1-2H3,(H,20,23). The van der Waals surface area contributed by atoms with Crippen LogP contribution in [-0.2, 0) is 19.6 Å². The van der Waals surface area contributed by atoms with Gasteiger partial charge in [-0.15, -0.1) is 0 Å². The van der Waals surface area contributed by atoms with Crippen LogP contribution in [0.25, 0.3) is 0 Å². The monoisotopic (exact) mass is 378 g/mol. The molecule has 0 bridgehead atoms. The average molecular weight is 378 g/mol. The predicted octanol–water partition coefficient (Wildman–Crippen LogP) is 2.37. The summed E-state index contributed by atoms with van der Waals surface area (Å²) in [6.45, 7) is 4.01. The Hall–Kier alpha value is -1.89. The third kappa shape index (κ3) is 3.49. The molecular weight excluding hydrogens is 352 g/mol. The van der Waals surface area contributed by atoms with Gasteiger partial charge in [-0.2, -0.15) is 0 Å². The van der Waals surface area contributed by atoms with Crippen LogP contribution in [0.3, 0.4) is 0 Å². The van der Waals surface area contributed by atoms with Crippen molar-refractivity contribution in [3.8, 4) is 0 Å². The fourth-order valence-electron chi connectivity index (χ4n) is 3.73. The zero-order chi connectivity index (χ0) is 18.9. The number of hydrogen-bond acceptors (Lipinski definition) is 4. The number of rotatable bonds is 4. The molecule has 1 saturated heterocycles. The Morgan fingerprint density at radius 1 is 1.12 bits per heavy atom. The topological polar surface area (TPSA) is 83.6 Å². The van der Waals surface area contributed by atoms with Crippen LogP contribution in [0.2, 0.25) is 0 Å². The van der Waals surface area contributed by atoms with Crippen molar-refractivity contribution in [3.63, 3.8) is 0 Å². The zero-order valence-electron chi connectivity index (χ0n) is 15.3. The zero-order valence-corrected chi connectivity index (χ0v) is 16.1. The number of amides is 2. The molecule has 1 aliphatic heterocycles. The van der Waals surface area contributed by atoms with Gasteiger partial charge >= 0.3 is 0 Å². The van der Waals surface area contributed by atoms with Crippen LogP contribution >= 0.6 is 0 Å². The van der Waals surface area contributed by atoms with Crippen molar-refractivity contribution >= 4 is 21.8 Å². The molecule has 26 heavy (non-hydrogen) atoms. The van der Waals surface area contributed by atoms with E-state index in [1.807, 2.05) is 6.92 Å². The molecule has 1 N–H and O–H groups in total. The SMILES string of the molecule is Cc1ccc(S(=O)(=O)NC(=O)C2(C)CCN2C(=O)C2CCCCC2)cc1. The number of nitrogens with zero attached hydrogens (tertiary/aromatic N) is 1. The Balaban J connectivity index is 1.72. The van der Waals surface area contributed by atoms with Gasteiger partial charge in [0.1, 0.15) is 5.54 Å². The molecule has 3 rings (SSSR count). The smallest absolute Gasteiger partial charge is 0.264 e. The quantitative estimate of drug-likeness (QED) is 0.872. The maximum Gasteiger partial charge on any atom is 0.264 e. The summed E-state index contributed by atoms with van der Waals surface area (Å²) >= 11 is 0. The van der Waals surface area contributed by atoms with Crippen molar-refractivity contribution in [3.05, 3.63) is 29.8 Å². The number of aryl methyl sites for hydroxylation is 1. The highest BCUT2D eigenvalue weighted by molar-refractivity contribution is 7.90. The minimum Gasteiger partial charge on any atom is -0.328 e. The van der Waals surface area contributed by atoms with Crippen molar-refractivity contribution in [1.82, 2.24) is 9.62 Å². The van der Waals surface area contributed by atoms with E-state index < -0.39 is 21.5 Å². The van der Waals surface area contributed by atoms with Gasteiger partial charge in [-0.05, 0) is 45.2 Å². The second-order valence-electron chi connectivity index (χ2n) is 7.60. The average Bonchev–Trinajstić information content (AvgIpc) is 2.60. The Kier molecular flexibility index (Phi) is 5.10. The molecule has 7 heteroatoms. The van der Waals surface area contributed by atoms with E-state index in [1.165, 1.54) is 12.1 Å². The van der Waals surface area contributed by atoms with Crippen LogP contribution in [0.15, 0.2) is 29.2 Å². The van der Waals surface area contributed by atoms with E-state index in [4.69, 9.17) is 0 Å². The molecule has 0 spiro atoms. The van der Waals surface area contributed by atoms with Gasteiger partial charge in [0.25, 0.3) is 15.9 Å². The second kappa shape index (κ2) is 7.02. The maximum atomic E-state index is 12.8. The fraction of sp³-hybridized carbons (Fsp3) is 0.579. The van der Waals surface area contributed by atoms with Gasteiger partial charge in [0.15, 0.2) is 0 Å². The molecular formula is C19H26N2O4S. The molecule has 2 aliphatic rings. The fourth-order valence-corrected chi connectivity index (χ4v) is 4.80. The number of carbonyl (C=O) groups is 2. The van der Waals surface area contributed by atoms with Gasteiger partial charge in [0.2, 0.25) is 5.91 Å². The molecule has 1 atom stereocenters. The Morgan fingerprint density at radius 2 is 1.73 bits per heavy atom. The molecule has 1 aliphatic carbocycles. The highest BCUT2D eigenvalue weighted by Gasteiger charge is 2.51. The third-order valence-electron chi connectivity index (χ3n) is 5.69. The summed E-state index contributed by atoms with van der Waals surface area (Å²) in [6, 6.07) is 6.31. The van der Waals surface area contributed by atoms with Crippen LogP contribution in [0, 0.1) is 12.8 Å². The number of benzene rings is 1. The number of sulfonamides is 1. The number of hydrogen-bond donors (Lipinski definition) is 1. The summed E-state index contributed by atoms with van der Waals surface area (Å²) in [5.74, 6) is -0.681. The highest BCUT2D eigenvalue weighted by Crippen LogP contribution is 2.35. The van der Waals surface area contributed by atoms with Crippen molar-refractivity contribution in [2.75, 3.05) is 6.54 Å². The van der Waals surface area contributed by atoms with E-state index in [2.05, 4.69) is 4.72 Å². The van der Waals surface area contributed by atoms with Crippen LogP contribution < -0.4 is 4.72 Å². The first-order valence-electron chi connectivity index (χ1n) is 9.19. The minimum atomic E-state index is -3.95. The van der Waals surface area contributed by atoms with E-state index in [1.54, 1.807) is 24.0 Å². The normalized spacial score (nSPS) is 24.0. The molecule has 142 valence electrons. The van der Waals surface area contributed by atoms with Crippen molar-refractivity contribution < 1.29 is 18.0 Å². The third-order valence-corrected chi connectivity index (χ3v) is 7.03. The van der Waals surface area contributed by atoms with Crippen molar-refractivity contribution in [2.45, 2.75) is 62.8 Å². The number of nitrogens with one attached hydrogen (secondary N) is 1. The summed E-state index contributed by atoms with van der Waals surface area (Å²) in [4.78, 5) is 27.1. The van der Waals surface area contributed by atoms with Gasteiger partial charge in [-0.1, -0.05) is 37.0 Å². The van der Waals surface area contributed by atoms with Crippen LogP contribution in [0.1, 0.15) is 51.0 Å². The lowest BCUT2D eigenvalue weighted by atomic mass is 9.81. The first-order chi connectivity index (χ1) is 12.2. The lowest BCUT2D eigenvalue weighted by Gasteiger charge is -2.50. The molecule has 1 unspecified atom stereocenters. The van der Waals surface area contributed by atoms with Gasteiger partial charge in [0.05, 0.1) is 4.90 Å². The summed E-state index contributed by atoms with van der Waals surface area (Å²) in [7, 11) is -3.95. The molecule has 2 fully saturated rings. The molecule has 0 radical (unpaired) electrons. The largest absolute Gasteiger partial charge is 0.328 e. The molecule has 6 nitrogen and oxygen atoms in total. The summed E-state index contributed by atoms with van der Waals surface area (Å²) in [5, 5.41) is 0. The minimum absolute atomic E-state index is 0.0127. The molecule has 1 aromatic carbocycles. The number of likely N-dealkylation sites (tertiary alicyclic amines) is 1. The molecule has 1 heterocycles. The van der Waals surface area contributed by atoms with E-state index in [0.29, 0.717) is 13.0 Å². The Bertz CT molecular complexity index is 797. The van der Waals surface area contributed by atoms with Crippen molar-refractivity contribution in [2.24, 2.45) is 5.92 Å². The predicted molar refractivity (Wildman–Crippen MR) is 97.8 cm³/mol. The first-order valence-corrected chi connectivity index (χ1v) is 10.7. The number of carbonyl (C=O) groups excluding carboxylic acids is 2. The van der Waals surface area contributed by atoms with Gasteiger partial charge in [0, 0.05) is 12.5 Å². The summed E-state index contributed by atoms with van der Waals surface area (Å²) in [6.07, 6.45) is 5.41. The summed E-state index contributed by atoms with van der Waals surface area (Å²) in [5.41, 5.74) is -0.155. The maximum absolute atomic E-state index is 12.8. The van der Waals surface area contributed by atoms with E-state index >= 15 is 0 Å². The molecule has 2 amide bonds. The lowest BCUT2D eigenvalue weighted by molar-refractivity contribution is -0.160. The van der Waals surface area contributed by atoms with E-state index in [9.17, 15) is 18.0 Å². The molecule has 0 aromatic heterocycles. The Labute approximate surface area is 155 Å². The van der Waals surface area contributed by atoms with Gasteiger partial charge in [-0.25, -0.2) is 13.1 Å². The van der Waals surface area contributed by atoms with E-state index in [-0.39, 0.29) is 16.7 Å². The lowest BCUT2D eigenvalue weighted by Crippen LogP contribution is -2.68. The van der Waals surface area contributed by atoms with Crippen LogP contribution in [0.5, 0.6) is 0 Å². The Morgan fingerprint density at radius 3 is 2.27 bits per heavy atom. The molecule has 1 aromatic rings. The van der Waals surface area contributed by atoms with Gasteiger partial charge < -0.3 is 4.90 Å². The first kappa shape index (κ1) is 18.9. The van der Waals surface area contributed by atoms with E-state index in [0.717, 1.165) is 37.7 Å². The second-order valence-corrected chi connectivity index (χ2v) is 9.28. The van der Waals surface area contributed by atoms with Crippen LogP contribution in [0.4, 0.5) is 0 Å². The van der Waals surface area contributed by atoms with Gasteiger partial charge in [-0.3, -0.25) is 9.59 Å². The molecule has 1 saturated carbocycles. The highest BCUT2D eigenvalue weighted by atomic mass is 32.2. The summed E-state index contributed by atoms with van der Waals surface area (Å²) < 4.78 is 27.1.